The minimum absolute atomic E-state index is 0.709. The van der Waals surface area contributed by atoms with Gasteiger partial charge in [-0.3, -0.25) is 0 Å². The molecule has 4 aliphatic carbocycles. The maximum Gasteiger partial charge on any atom is -0.0266 e. The molecule has 0 bridgehead atoms. The molecule has 0 radical (unpaired) electrons. The molecule has 8 atom stereocenters. The molecule has 4 aliphatic rings. The van der Waals surface area contributed by atoms with Crippen LogP contribution in [0.15, 0.2) is 0 Å². The van der Waals surface area contributed by atoms with Gasteiger partial charge in [0, 0.05) is 0 Å². The van der Waals surface area contributed by atoms with Crippen LogP contribution in [-0.2, 0) is 0 Å². The van der Waals surface area contributed by atoms with Gasteiger partial charge in [-0.05, 0) is 97.7 Å². The first-order valence-corrected chi connectivity index (χ1v) is 10.5. The van der Waals surface area contributed by atoms with Gasteiger partial charge in [-0.2, -0.15) is 0 Å². The Morgan fingerprint density at radius 2 is 1.55 bits per heavy atom. The summed E-state index contributed by atoms with van der Waals surface area (Å²) in [6.07, 6.45) is 15.4. The first-order chi connectivity index (χ1) is 10.5. The summed E-state index contributed by atoms with van der Waals surface area (Å²) in [6.45, 7) is 10.4. The Balaban J connectivity index is 1.61. The Hall–Kier alpha value is 0. The van der Waals surface area contributed by atoms with Crippen LogP contribution in [0.25, 0.3) is 0 Å². The zero-order chi connectivity index (χ0) is 15.5. The summed E-state index contributed by atoms with van der Waals surface area (Å²) >= 11 is 0. The van der Waals surface area contributed by atoms with Crippen LogP contribution in [0.4, 0.5) is 0 Å². The molecule has 0 saturated heterocycles. The fraction of sp³-hybridized carbons (Fsp3) is 1.00. The topological polar surface area (TPSA) is 0 Å². The number of fused-ring (bicyclic) bond motifs is 5. The van der Waals surface area contributed by atoms with Crippen LogP contribution in [0, 0.1) is 46.3 Å². The standard InChI is InChI=1S/C22H38/c1-5-16-7-9-19-18-8-6-17-14-15(2)10-12-22(17,4)20(18)11-13-21(16,19)3/h15-20H,5-14H2,1-4H3/t15-,16-,17-,18?,19?,20?,21+,22?/m0/s1. The van der Waals surface area contributed by atoms with Crippen molar-refractivity contribution in [3.63, 3.8) is 0 Å². The van der Waals surface area contributed by atoms with E-state index in [2.05, 4.69) is 27.7 Å². The molecule has 0 aromatic carbocycles. The second-order valence-corrected chi connectivity index (χ2v) is 10.3. The summed E-state index contributed by atoms with van der Waals surface area (Å²) in [5.41, 5.74) is 1.42. The fourth-order valence-corrected chi connectivity index (χ4v) is 8.25. The Morgan fingerprint density at radius 3 is 2.32 bits per heavy atom. The third-order valence-corrected chi connectivity index (χ3v) is 9.62. The lowest BCUT2D eigenvalue weighted by molar-refractivity contribution is -0.117. The van der Waals surface area contributed by atoms with E-state index >= 15 is 0 Å². The average molecular weight is 303 g/mol. The van der Waals surface area contributed by atoms with Crippen molar-refractivity contribution in [3.8, 4) is 0 Å². The molecule has 22 heavy (non-hydrogen) atoms. The maximum atomic E-state index is 2.72. The highest BCUT2D eigenvalue weighted by Gasteiger charge is 2.59. The predicted octanol–water partition coefficient (Wildman–Crippen LogP) is 6.69. The van der Waals surface area contributed by atoms with Gasteiger partial charge in [-0.15, -0.1) is 0 Å². The fourth-order valence-electron chi connectivity index (χ4n) is 8.25. The second kappa shape index (κ2) is 5.25. The lowest BCUT2D eigenvalue weighted by Crippen LogP contribution is -2.53. The second-order valence-electron chi connectivity index (χ2n) is 10.3. The van der Waals surface area contributed by atoms with Gasteiger partial charge < -0.3 is 0 Å². The SMILES string of the molecule is CC[C@H]1CCC2C3CC[C@H]4C[C@@H](C)CCC4(C)C3CC[C@@]21C. The number of rotatable bonds is 1. The monoisotopic (exact) mass is 302 g/mol. The van der Waals surface area contributed by atoms with Gasteiger partial charge in [0.15, 0.2) is 0 Å². The molecule has 0 heteroatoms. The van der Waals surface area contributed by atoms with Crippen LogP contribution in [0.1, 0.15) is 91.9 Å². The van der Waals surface area contributed by atoms with E-state index in [1.807, 2.05) is 0 Å². The smallest absolute Gasteiger partial charge is 0.0266 e. The molecule has 126 valence electrons. The van der Waals surface area contributed by atoms with Gasteiger partial charge in [-0.25, -0.2) is 0 Å². The third kappa shape index (κ3) is 2.01. The van der Waals surface area contributed by atoms with Crippen LogP contribution >= 0.6 is 0 Å². The Bertz CT molecular complexity index is 426. The van der Waals surface area contributed by atoms with Gasteiger partial charge in [-0.1, -0.05) is 40.5 Å². The quantitative estimate of drug-likeness (QED) is 0.506. The van der Waals surface area contributed by atoms with E-state index in [0.717, 1.165) is 35.5 Å². The molecule has 4 fully saturated rings. The molecule has 0 N–H and O–H groups in total. The van der Waals surface area contributed by atoms with Crippen molar-refractivity contribution in [2.45, 2.75) is 91.9 Å². The first kappa shape index (κ1) is 15.5. The molecular weight excluding hydrogens is 264 g/mol. The van der Waals surface area contributed by atoms with Crippen LogP contribution in [0.3, 0.4) is 0 Å². The highest BCUT2D eigenvalue weighted by atomic mass is 14.6. The van der Waals surface area contributed by atoms with Crippen LogP contribution in [-0.4, -0.2) is 0 Å². The average Bonchev–Trinajstić information content (AvgIpc) is 2.84. The van der Waals surface area contributed by atoms with Crippen molar-refractivity contribution >= 4 is 0 Å². The van der Waals surface area contributed by atoms with E-state index in [0.29, 0.717) is 10.8 Å². The normalized spacial score (nSPS) is 57.8. The van der Waals surface area contributed by atoms with Gasteiger partial charge in [0.1, 0.15) is 0 Å². The summed E-state index contributed by atoms with van der Waals surface area (Å²) in [4.78, 5) is 0. The number of hydrogen-bond acceptors (Lipinski definition) is 0. The minimum atomic E-state index is 0.709. The highest BCUT2D eigenvalue weighted by molar-refractivity contribution is 5.08. The zero-order valence-electron chi connectivity index (χ0n) is 15.5. The molecule has 0 heterocycles. The van der Waals surface area contributed by atoms with Crippen molar-refractivity contribution in [1.82, 2.24) is 0 Å². The van der Waals surface area contributed by atoms with Crippen LogP contribution in [0.5, 0.6) is 0 Å². The van der Waals surface area contributed by atoms with E-state index in [-0.39, 0.29) is 0 Å². The van der Waals surface area contributed by atoms with Crippen molar-refractivity contribution in [1.29, 1.82) is 0 Å². The Labute approximate surface area is 138 Å². The first-order valence-electron chi connectivity index (χ1n) is 10.5. The molecule has 0 spiro atoms. The largest absolute Gasteiger partial charge is 0.0651 e. The molecule has 0 aromatic rings. The van der Waals surface area contributed by atoms with Gasteiger partial charge in [0.2, 0.25) is 0 Å². The lowest BCUT2D eigenvalue weighted by Gasteiger charge is -2.61. The van der Waals surface area contributed by atoms with Crippen molar-refractivity contribution in [2.75, 3.05) is 0 Å². The van der Waals surface area contributed by atoms with Crippen molar-refractivity contribution < 1.29 is 0 Å². The third-order valence-electron chi connectivity index (χ3n) is 9.62. The van der Waals surface area contributed by atoms with Gasteiger partial charge in [0.05, 0.1) is 0 Å². The van der Waals surface area contributed by atoms with Gasteiger partial charge in [0.25, 0.3) is 0 Å². The van der Waals surface area contributed by atoms with E-state index in [1.165, 1.54) is 19.3 Å². The zero-order valence-corrected chi connectivity index (χ0v) is 15.5. The van der Waals surface area contributed by atoms with E-state index in [9.17, 15) is 0 Å². The molecule has 0 amide bonds. The minimum Gasteiger partial charge on any atom is -0.0651 e. The maximum absolute atomic E-state index is 2.72. The van der Waals surface area contributed by atoms with E-state index in [1.54, 1.807) is 44.9 Å². The molecule has 4 saturated carbocycles. The summed E-state index contributed by atoms with van der Waals surface area (Å²) in [6, 6.07) is 0. The van der Waals surface area contributed by atoms with E-state index in [4.69, 9.17) is 0 Å². The predicted molar refractivity (Wildman–Crippen MR) is 94.7 cm³/mol. The Kier molecular flexibility index (Phi) is 3.70. The molecule has 0 aromatic heterocycles. The summed E-state index contributed by atoms with van der Waals surface area (Å²) < 4.78 is 0. The highest BCUT2D eigenvalue weighted by Crippen LogP contribution is 2.68. The molecule has 4 rings (SSSR count). The number of hydrogen-bond donors (Lipinski definition) is 0. The lowest BCUT2D eigenvalue weighted by atomic mass is 9.44. The molecule has 4 unspecified atom stereocenters. The molecule has 0 nitrogen and oxygen atoms in total. The summed E-state index contributed by atoms with van der Waals surface area (Å²) in [7, 11) is 0. The molecule has 0 aliphatic heterocycles. The summed E-state index contributed by atoms with van der Waals surface area (Å²) in [5.74, 6) is 6.34. The van der Waals surface area contributed by atoms with Gasteiger partial charge >= 0.3 is 0 Å². The van der Waals surface area contributed by atoms with E-state index < -0.39 is 0 Å². The van der Waals surface area contributed by atoms with Crippen molar-refractivity contribution in [2.24, 2.45) is 46.3 Å². The van der Waals surface area contributed by atoms with Crippen LogP contribution < -0.4 is 0 Å². The Morgan fingerprint density at radius 1 is 0.818 bits per heavy atom. The molecular formula is C22H38. The van der Waals surface area contributed by atoms with Crippen LogP contribution in [0.2, 0.25) is 0 Å². The summed E-state index contributed by atoms with van der Waals surface area (Å²) in [5, 5.41) is 0. The van der Waals surface area contributed by atoms with Crippen molar-refractivity contribution in [3.05, 3.63) is 0 Å².